The van der Waals surface area contributed by atoms with Gasteiger partial charge in [-0.1, -0.05) is 48.9 Å². The number of aromatic nitrogens is 1. The molecule has 2 atom stereocenters. The average molecular weight is 520 g/mol. The Morgan fingerprint density at radius 2 is 1.97 bits per heavy atom. The van der Waals surface area contributed by atoms with E-state index in [1.807, 2.05) is 38.1 Å². The summed E-state index contributed by atoms with van der Waals surface area (Å²) in [7, 11) is 1.63. The molecule has 1 aliphatic rings. The zero-order valence-electron chi connectivity index (χ0n) is 19.5. The standard InChI is InChI=1S/C27H28ClFN2OS.ClH/c1-5-24(21(14-18-7-6-8-18)19-9-11-20(29)12-10-19)30-27-31-26(17(3)33-27)22-13-16(2)25(32-4)15-23(22)28;/h1,9-13,15,18,21,24H,6-8,14H2,2-4H3,(H,30,31);1H. The Morgan fingerprint density at radius 1 is 1.26 bits per heavy atom. The van der Waals surface area contributed by atoms with Gasteiger partial charge in [-0.25, -0.2) is 9.37 Å². The number of methoxy groups -OCH3 is 1. The van der Waals surface area contributed by atoms with Crippen molar-refractivity contribution in [3.8, 4) is 29.4 Å². The number of terminal acetylenes is 1. The smallest absolute Gasteiger partial charge is 0.184 e. The second-order valence-electron chi connectivity index (χ2n) is 8.70. The van der Waals surface area contributed by atoms with Crippen LogP contribution in [-0.4, -0.2) is 18.1 Å². The summed E-state index contributed by atoms with van der Waals surface area (Å²) in [6, 6.07) is 10.3. The van der Waals surface area contributed by atoms with E-state index in [1.165, 1.54) is 31.4 Å². The summed E-state index contributed by atoms with van der Waals surface area (Å²) in [5.74, 6) is 4.20. The summed E-state index contributed by atoms with van der Waals surface area (Å²) in [5, 5.41) is 4.85. The fourth-order valence-corrected chi connectivity index (χ4v) is 5.53. The van der Waals surface area contributed by atoms with Gasteiger partial charge in [0, 0.05) is 16.4 Å². The number of hydrogen-bond acceptors (Lipinski definition) is 4. The molecule has 1 aliphatic carbocycles. The lowest BCUT2D eigenvalue weighted by Crippen LogP contribution is -2.29. The van der Waals surface area contributed by atoms with Gasteiger partial charge in [-0.05, 0) is 61.6 Å². The largest absolute Gasteiger partial charge is 0.496 e. The van der Waals surface area contributed by atoms with E-state index in [-0.39, 0.29) is 30.2 Å². The summed E-state index contributed by atoms with van der Waals surface area (Å²) < 4.78 is 18.9. The number of hydrogen-bond donors (Lipinski definition) is 1. The Balaban J connectivity index is 0.00000324. The van der Waals surface area contributed by atoms with Crippen LogP contribution < -0.4 is 10.1 Å². The third-order valence-electron chi connectivity index (χ3n) is 6.51. The summed E-state index contributed by atoms with van der Waals surface area (Å²) >= 11 is 8.12. The van der Waals surface area contributed by atoms with Gasteiger partial charge in [-0.3, -0.25) is 0 Å². The summed E-state index contributed by atoms with van der Waals surface area (Å²) in [5.41, 5.74) is 3.77. The molecular weight excluding hydrogens is 490 g/mol. The van der Waals surface area contributed by atoms with E-state index in [0.717, 1.165) is 44.6 Å². The van der Waals surface area contributed by atoms with E-state index < -0.39 is 0 Å². The van der Waals surface area contributed by atoms with Crippen LogP contribution in [0, 0.1) is 37.9 Å². The number of rotatable bonds is 8. The highest BCUT2D eigenvalue weighted by Crippen LogP contribution is 2.40. The van der Waals surface area contributed by atoms with Crippen LogP contribution in [0.25, 0.3) is 11.3 Å². The molecule has 0 amide bonds. The highest BCUT2D eigenvalue weighted by atomic mass is 35.5. The van der Waals surface area contributed by atoms with Gasteiger partial charge in [0.15, 0.2) is 5.13 Å². The molecule has 0 saturated heterocycles. The average Bonchev–Trinajstić information content (AvgIpc) is 3.13. The second kappa shape index (κ2) is 11.4. The van der Waals surface area contributed by atoms with Crippen molar-refractivity contribution in [2.24, 2.45) is 5.92 Å². The van der Waals surface area contributed by atoms with E-state index in [1.54, 1.807) is 18.4 Å². The predicted molar refractivity (Wildman–Crippen MR) is 143 cm³/mol. The van der Waals surface area contributed by atoms with Gasteiger partial charge in [-0.15, -0.1) is 30.2 Å². The van der Waals surface area contributed by atoms with Crippen molar-refractivity contribution >= 4 is 40.5 Å². The van der Waals surface area contributed by atoms with Crippen LogP contribution in [0.3, 0.4) is 0 Å². The van der Waals surface area contributed by atoms with Crippen molar-refractivity contribution < 1.29 is 9.13 Å². The topological polar surface area (TPSA) is 34.2 Å². The molecule has 3 nitrogen and oxygen atoms in total. The van der Waals surface area contributed by atoms with Gasteiger partial charge in [0.1, 0.15) is 11.6 Å². The number of nitrogens with one attached hydrogen (secondary N) is 1. The van der Waals surface area contributed by atoms with Crippen molar-refractivity contribution in [3.63, 3.8) is 0 Å². The third-order valence-corrected chi connectivity index (χ3v) is 7.72. The lowest BCUT2D eigenvalue weighted by Gasteiger charge is -2.32. The number of thiazole rings is 1. The first-order valence-corrected chi connectivity index (χ1v) is 12.4. The van der Waals surface area contributed by atoms with Gasteiger partial charge in [0.05, 0.1) is 23.9 Å². The molecule has 2 unspecified atom stereocenters. The van der Waals surface area contributed by atoms with Crippen LogP contribution in [0.2, 0.25) is 5.02 Å². The molecular formula is C27H29Cl2FN2OS. The van der Waals surface area contributed by atoms with Gasteiger partial charge in [0.25, 0.3) is 0 Å². The molecule has 1 aromatic heterocycles. The molecule has 1 heterocycles. The molecule has 4 rings (SSSR count). The molecule has 180 valence electrons. The quantitative estimate of drug-likeness (QED) is 0.306. The first kappa shape index (κ1) is 26.3. The van der Waals surface area contributed by atoms with Crippen molar-refractivity contribution in [1.29, 1.82) is 0 Å². The lowest BCUT2D eigenvalue weighted by molar-refractivity contribution is 0.273. The molecule has 0 radical (unpaired) electrons. The Hall–Kier alpha value is -2.26. The van der Waals surface area contributed by atoms with Crippen LogP contribution in [0.15, 0.2) is 36.4 Å². The van der Waals surface area contributed by atoms with E-state index in [2.05, 4.69) is 11.2 Å². The van der Waals surface area contributed by atoms with E-state index in [0.29, 0.717) is 10.9 Å². The minimum absolute atomic E-state index is 0. The monoisotopic (exact) mass is 518 g/mol. The second-order valence-corrected chi connectivity index (χ2v) is 10.3. The summed E-state index contributed by atoms with van der Waals surface area (Å²) in [6.07, 6.45) is 10.7. The van der Waals surface area contributed by atoms with Gasteiger partial charge in [0.2, 0.25) is 0 Å². The highest BCUT2D eigenvalue weighted by Gasteiger charge is 2.29. The number of anilines is 1. The minimum atomic E-state index is -0.248. The summed E-state index contributed by atoms with van der Waals surface area (Å²) in [6.45, 7) is 4.02. The predicted octanol–water partition coefficient (Wildman–Crippen LogP) is 8.04. The number of ether oxygens (including phenoxy) is 1. The van der Waals surface area contributed by atoms with Crippen molar-refractivity contribution in [3.05, 3.63) is 63.2 Å². The summed E-state index contributed by atoms with van der Waals surface area (Å²) in [4.78, 5) is 5.91. The fraction of sp³-hybridized carbons (Fsp3) is 0.370. The van der Waals surface area contributed by atoms with Crippen LogP contribution >= 0.6 is 35.3 Å². The zero-order valence-corrected chi connectivity index (χ0v) is 21.9. The maximum Gasteiger partial charge on any atom is 0.184 e. The van der Waals surface area contributed by atoms with Gasteiger partial charge < -0.3 is 10.1 Å². The van der Waals surface area contributed by atoms with Crippen LogP contribution in [0.1, 0.15) is 47.6 Å². The van der Waals surface area contributed by atoms with E-state index in [4.69, 9.17) is 27.7 Å². The molecule has 2 aromatic carbocycles. The molecule has 0 spiro atoms. The SMILES string of the molecule is C#CC(Nc1nc(-c2cc(C)c(OC)cc2Cl)c(C)s1)C(CC1CCC1)c1ccc(F)cc1.Cl. The normalized spacial score (nSPS) is 14.9. The molecule has 0 bridgehead atoms. The number of nitrogens with zero attached hydrogens (tertiary/aromatic N) is 1. The van der Waals surface area contributed by atoms with Gasteiger partial charge in [-0.2, -0.15) is 0 Å². The maximum atomic E-state index is 13.6. The Kier molecular flexibility index (Phi) is 8.87. The van der Waals surface area contributed by atoms with Crippen molar-refractivity contribution in [1.82, 2.24) is 4.98 Å². The number of benzene rings is 2. The van der Waals surface area contributed by atoms with Crippen LogP contribution in [-0.2, 0) is 0 Å². The fourth-order valence-electron chi connectivity index (χ4n) is 4.43. The van der Waals surface area contributed by atoms with Crippen molar-refractivity contribution in [2.45, 2.75) is 51.5 Å². The Bertz CT molecular complexity index is 1170. The van der Waals surface area contributed by atoms with Crippen LogP contribution in [0.5, 0.6) is 5.75 Å². The first-order chi connectivity index (χ1) is 15.9. The molecule has 7 heteroatoms. The molecule has 1 N–H and O–H groups in total. The lowest BCUT2D eigenvalue weighted by atomic mass is 9.75. The Labute approximate surface area is 216 Å². The van der Waals surface area contributed by atoms with Crippen molar-refractivity contribution in [2.75, 3.05) is 12.4 Å². The molecule has 1 fully saturated rings. The molecule has 3 aromatic rings. The highest BCUT2D eigenvalue weighted by molar-refractivity contribution is 7.16. The minimum Gasteiger partial charge on any atom is -0.496 e. The van der Waals surface area contributed by atoms with E-state index >= 15 is 0 Å². The van der Waals surface area contributed by atoms with Crippen LogP contribution in [0.4, 0.5) is 9.52 Å². The number of aryl methyl sites for hydroxylation is 2. The third kappa shape index (κ3) is 5.68. The molecule has 0 aliphatic heterocycles. The molecule has 1 saturated carbocycles. The van der Waals surface area contributed by atoms with E-state index in [9.17, 15) is 4.39 Å². The Morgan fingerprint density at radius 3 is 2.56 bits per heavy atom. The number of halogens is 3. The molecule has 34 heavy (non-hydrogen) atoms. The zero-order chi connectivity index (χ0) is 23.5. The van der Waals surface area contributed by atoms with Gasteiger partial charge >= 0.3 is 0 Å². The maximum absolute atomic E-state index is 13.6. The first-order valence-electron chi connectivity index (χ1n) is 11.2.